The quantitative estimate of drug-likeness (QED) is 0.258. The molecule has 1 aliphatic carbocycles. The molecule has 16 heteroatoms. The Labute approximate surface area is 342 Å². The average molecular weight is 810 g/mol. The fourth-order valence-electron chi connectivity index (χ4n) is 9.64. The van der Waals surface area contributed by atoms with E-state index < -0.39 is 29.7 Å². The summed E-state index contributed by atoms with van der Waals surface area (Å²) in [6.45, 7) is 4.97. The molecule has 0 radical (unpaired) electrons. The standard InChI is InChI=1S/C43H51N7O9/c1-46(2)20-33-35(57-4)14-26(15-36(33)58-5)31-21-47(3)39(53)32-22-49(11-10-28(31)32)42(56)44-19-25-17-43(18-25)23-48(24-43)12-13-59-27-6-7-29-30(16-27)41(55)50(40(29)54)34-8-9-37(51)45-38(34)52/h6-7,14-16,21,25,34H,8-13,17-20,22-24H2,1-5H3,(H,44,56)(H,45,51,52). The van der Waals surface area contributed by atoms with Crippen molar-refractivity contribution in [2.75, 3.05) is 67.6 Å². The fraction of sp³-hybridized carbons (Fsp3) is 0.488. The summed E-state index contributed by atoms with van der Waals surface area (Å²) < 4.78 is 19.1. The number of hydrogen-bond donors (Lipinski definition) is 2. The highest BCUT2D eigenvalue weighted by molar-refractivity contribution is 6.23. The number of nitrogens with one attached hydrogen (secondary N) is 2. The third kappa shape index (κ3) is 7.55. The average Bonchev–Trinajstić information content (AvgIpc) is 3.43. The summed E-state index contributed by atoms with van der Waals surface area (Å²) in [5, 5.41) is 5.35. The molecular formula is C43H51N7O9. The zero-order chi connectivity index (χ0) is 41.7. The van der Waals surface area contributed by atoms with Crippen LogP contribution in [0.4, 0.5) is 4.79 Å². The number of aromatic nitrogens is 1. The van der Waals surface area contributed by atoms with Crippen molar-refractivity contribution in [1.29, 1.82) is 0 Å². The predicted molar refractivity (Wildman–Crippen MR) is 215 cm³/mol. The first-order chi connectivity index (χ1) is 28.3. The third-order valence-electron chi connectivity index (χ3n) is 12.4. The van der Waals surface area contributed by atoms with Crippen LogP contribution >= 0.6 is 0 Å². The van der Waals surface area contributed by atoms with Gasteiger partial charge in [-0.2, -0.15) is 0 Å². The topological polar surface area (TPSA) is 172 Å². The molecular weight excluding hydrogens is 759 g/mol. The molecule has 2 aromatic carbocycles. The number of methoxy groups -OCH3 is 2. The number of likely N-dealkylation sites (tertiary alicyclic amines) is 1. The summed E-state index contributed by atoms with van der Waals surface area (Å²) in [6.07, 6.45) is 4.64. The van der Waals surface area contributed by atoms with Crippen molar-refractivity contribution >= 4 is 29.7 Å². The number of piperidine rings is 1. The van der Waals surface area contributed by atoms with Crippen LogP contribution in [-0.4, -0.2) is 128 Å². The minimum atomic E-state index is -1.01. The van der Waals surface area contributed by atoms with Gasteiger partial charge < -0.3 is 33.9 Å². The van der Waals surface area contributed by atoms with Crippen LogP contribution in [0.1, 0.15) is 63.1 Å². The van der Waals surface area contributed by atoms with E-state index in [4.69, 9.17) is 14.2 Å². The summed E-state index contributed by atoms with van der Waals surface area (Å²) in [7, 11) is 9.01. The van der Waals surface area contributed by atoms with E-state index in [9.17, 15) is 28.8 Å². The molecule has 0 bridgehead atoms. The van der Waals surface area contributed by atoms with Crippen LogP contribution in [0.2, 0.25) is 0 Å². The number of ether oxygens (including phenoxy) is 3. The van der Waals surface area contributed by atoms with Crippen molar-refractivity contribution in [3.8, 4) is 28.4 Å². The van der Waals surface area contributed by atoms with Gasteiger partial charge in [0, 0.05) is 70.1 Å². The molecule has 3 fully saturated rings. The van der Waals surface area contributed by atoms with E-state index in [1.165, 1.54) is 0 Å². The minimum Gasteiger partial charge on any atom is -0.496 e. The maximum atomic E-state index is 13.4. The smallest absolute Gasteiger partial charge is 0.317 e. The van der Waals surface area contributed by atoms with Crippen LogP contribution < -0.4 is 30.4 Å². The second-order valence-corrected chi connectivity index (χ2v) is 16.9. The second kappa shape index (κ2) is 15.8. The van der Waals surface area contributed by atoms with Crippen LogP contribution in [-0.2, 0) is 36.1 Å². The van der Waals surface area contributed by atoms with Gasteiger partial charge in [0.2, 0.25) is 11.8 Å². The second-order valence-electron chi connectivity index (χ2n) is 16.9. The van der Waals surface area contributed by atoms with E-state index in [-0.39, 0.29) is 47.5 Å². The summed E-state index contributed by atoms with van der Waals surface area (Å²) >= 11 is 0. The molecule has 5 heterocycles. The zero-order valence-corrected chi connectivity index (χ0v) is 34.2. The Morgan fingerprint density at radius 2 is 1.64 bits per heavy atom. The van der Waals surface area contributed by atoms with Crippen molar-refractivity contribution in [3.63, 3.8) is 0 Å². The number of imide groups is 2. The van der Waals surface area contributed by atoms with Crippen molar-refractivity contribution < 1.29 is 38.2 Å². The van der Waals surface area contributed by atoms with Gasteiger partial charge in [-0.3, -0.25) is 39.1 Å². The predicted octanol–water partition coefficient (Wildman–Crippen LogP) is 2.39. The zero-order valence-electron chi connectivity index (χ0n) is 34.2. The first-order valence-corrected chi connectivity index (χ1v) is 20.1. The molecule has 1 aromatic heterocycles. The van der Waals surface area contributed by atoms with Crippen molar-refractivity contribution in [3.05, 3.63) is 74.7 Å². The van der Waals surface area contributed by atoms with Gasteiger partial charge in [0.1, 0.15) is 29.9 Å². The van der Waals surface area contributed by atoms with E-state index in [1.807, 2.05) is 32.4 Å². The maximum Gasteiger partial charge on any atom is 0.317 e. The monoisotopic (exact) mass is 809 g/mol. The third-order valence-corrected chi connectivity index (χ3v) is 12.4. The summed E-state index contributed by atoms with van der Waals surface area (Å²) in [6, 6.07) is 7.57. The van der Waals surface area contributed by atoms with Crippen LogP contribution in [0.25, 0.3) is 11.1 Å². The van der Waals surface area contributed by atoms with Gasteiger partial charge in [0.25, 0.3) is 17.4 Å². The number of carbonyl (C=O) groups is 5. The number of urea groups is 1. The number of amides is 6. The Balaban J connectivity index is 0.797. The molecule has 59 heavy (non-hydrogen) atoms. The molecule has 16 nitrogen and oxygen atoms in total. The number of rotatable bonds is 12. The molecule has 1 unspecified atom stereocenters. The summed E-state index contributed by atoms with van der Waals surface area (Å²) in [5.41, 5.74) is 4.88. The Morgan fingerprint density at radius 1 is 0.932 bits per heavy atom. The SMILES string of the molecule is COc1cc(-c2cn(C)c(=O)c3c2CCN(C(=O)NCC2CC4(C2)CN(CCOc2ccc5c(c2)C(=O)N(C2CCC(=O)NC2=O)C5=O)C4)C3)cc(OC)c1CN(C)C. The van der Waals surface area contributed by atoms with Gasteiger partial charge in [-0.15, -0.1) is 0 Å². The van der Waals surface area contributed by atoms with E-state index in [1.54, 1.807) is 48.9 Å². The van der Waals surface area contributed by atoms with Gasteiger partial charge in [0.05, 0.1) is 37.5 Å². The molecule has 1 spiro atoms. The highest BCUT2D eigenvalue weighted by Gasteiger charge is 2.52. The number of benzene rings is 2. The van der Waals surface area contributed by atoms with E-state index in [2.05, 4.69) is 20.4 Å². The summed E-state index contributed by atoms with van der Waals surface area (Å²) in [5.74, 6) is 0.115. The van der Waals surface area contributed by atoms with Crippen LogP contribution in [0.15, 0.2) is 41.3 Å². The lowest BCUT2D eigenvalue weighted by Gasteiger charge is -2.59. The van der Waals surface area contributed by atoms with Gasteiger partial charge in [-0.25, -0.2) is 4.79 Å². The Morgan fingerprint density at radius 3 is 2.32 bits per heavy atom. The van der Waals surface area contributed by atoms with Crippen LogP contribution in [0.5, 0.6) is 17.2 Å². The maximum absolute atomic E-state index is 13.4. The van der Waals surface area contributed by atoms with E-state index >= 15 is 0 Å². The largest absolute Gasteiger partial charge is 0.496 e. The summed E-state index contributed by atoms with van der Waals surface area (Å²) in [4.78, 5) is 83.9. The first kappa shape index (κ1) is 40.1. The molecule has 6 amide bonds. The Kier molecular flexibility index (Phi) is 10.7. The number of aryl methyl sites for hydroxylation is 1. The van der Waals surface area contributed by atoms with E-state index in [0.29, 0.717) is 67.9 Å². The fourth-order valence-corrected chi connectivity index (χ4v) is 9.64. The highest BCUT2D eigenvalue weighted by atomic mass is 16.5. The lowest BCUT2D eigenvalue weighted by Crippen LogP contribution is -2.63. The number of hydrogen-bond acceptors (Lipinski definition) is 11. The lowest BCUT2D eigenvalue weighted by atomic mass is 9.57. The molecule has 3 aromatic rings. The molecule has 8 rings (SSSR count). The minimum absolute atomic E-state index is 0.0656. The van der Waals surface area contributed by atoms with Crippen molar-refractivity contribution in [1.82, 2.24) is 34.8 Å². The highest BCUT2D eigenvalue weighted by Crippen LogP contribution is 2.51. The van der Waals surface area contributed by atoms with Gasteiger partial charge >= 0.3 is 6.03 Å². The Bertz CT molecular complexity index is 2270. The number of pyridine rings is 1. The Hall–Kier alpha value is -5.74. The molecule has 5 aliphatic rings. The normalized spacial score (nSPS) is 19.9. The molecule has 1 atom stereocenters. The van der Waals surface area contributed by atoms with Crippen LogP contribution in [0.3, 0.4) is 0 Å². The van der Waals surface area contributed by atoms with Crippen molar-refractivity contribution in [2.45, 2.75) is 51.2 Å². The molecule has 4 aliphatic heterocycles. The van der Waals surface area contributed by atoms with E-state index in [0.717, 1.165) is 53.1 Å². The number of carbonyl (C=O) groups excluding carboxylic acids is 5. The first-order valence-electron chi connectivity index (χ1n) is 20.1. The molecule has 2 saturated heterocycles. The van der Waals surface area contributed by atoms with Gasteiger partial charge in [0.15, 0.2) is 0 Å². The van der Waals surface area contributed by atoms with Gasteiger partial charge in [-0.05, 0) is 92.6 Å². The van der Waals surface area contributed by atoms with Gasteiger partial charge in [-0.1, -0.05) is 0 Å². The molecule has 1 saturated carbocycles. The number of nitrogens with zero attached hydrogens (tertiary/aromatic N) is 5. The van der Waals surface area contributed by atoms with Crippen molar-refractivity contribution in [2.24, 2.45) is 18.4 Å². The lowest BCUT2D eigenvalue weighted by molar-refractivity contribution is -0.136. The van der Waals surface area contributed by atoms with Crippen LogP contribution in [0, 0.1) is 11.3 Å². The molecule has 2 N–H and O–H groups in total. The number of fused-ring (bicyclic) bond motifs is 2. The molecule has 312 valence electrons.